The average Bonchev–Trinajstić information content (AvgIpc) is 3.36. The molecule has 0 fully saturated rings. The van der Waals surface area contributed by atoms with Crippen LogP contribution < -0.4 is 5.32 Å². The predicted octanol–water partition coefficient (Wildman–Crippen LogP) is 3.53. The van der Waals surface area contributed by atoms with Gasteiger partial charge in [0.05, 0.1) is 4.90 Å². The molecule has 0 aliphatic rings. The van der Waals surface area contributed by atoms with Crippen molar-refractivity contribution in [3.63, 3.8) is 0 Å². The lowest BCUT2D eigenvalue weighted by Gasteiger charge is -2.18. The molecule has 0 atom stereocenters. The molecule has 0 bridgehead atoms. The van der Waals surface area contributed by atoms with Crippen LogP contribution in [0.25, 0.3) is 5.88 Å². The topological polar surface area (TPSA) is 108 Å². The third-order valence-corrected chi connectivity index (χ3v) is 6.76. The molecule has 30 heavy (non-hydrogen) atoms. The second-order valence-corrected chi connectivity index (χ2v) is 8.42. The fraction of sp³-hybridized carbons (Fsp3) is 0.238. The van der Waals surface area contributed by atoms with Gasteiger partial charge in [-0.1, -0.05) is 13.8 Å². The predicted molar refractivity (Wildman–Crippen MR) is 112 cm³/mol. The number of nitrogens with zero attached hydrogens (tertiary/aromatic N) is 3. The Morgan fingerprint density at radius 1 is 1.17 bits per heavy atom. The monoisotopic (exact) mass is 426 g/mol. The normalized spacial score (nSPS) is 11.4. The quantitative estimate of drug-likeness (QED) is 0.622. The molecule has 0 saturated heterocycles. The van der Waals surface area contributed by atoms with Crippen molar-refractivity contribution in [3.05, 3.63) is 65.7 Å². The van der Waals surface area contributed by atoms with Gasteiger partial charge in [-0.15, -0.1) is 0 Å². The number of aryl methyl sites for hydroxylation is 1. The number of anilines is 1. The molecule has 3 rings (SSSR count). The summed E-state index contributed by atoms with van der Waals surface area (Å²) in [5, 5.41) is 12.3. The second-order valence-electron chi connectivity index (χ2n) is 6.48. The van der Waals surface area contributed by atoms with Crippen molar-refractivity contribution in [1.29, 1.82) is 5.26 Å². The van der Waals surface area contributed by atoms with E-state index in [1.165, 1.54) is 28.6 Å². The van der Waals surface area contributed by atoms with Gasteiger partial charge in [-0.25, -0.2) is 8.42 Å². The molecule has 0 aliphatic heterocycles. The fourth-order valence-corrected chi connectivity index (χ4v) is 4.63. The highest BCUT2D eigenvalue weighted by Gasteiger charge is 2.25. The molecule has 8 nitrogen and oxygen atoms in total. The summed E-state index contributed by atoms with van der Waals surface area (Å²) < 4.78 is 33.8. The van der Waals surface area contributed by atoms with Crippen molar-refractivity contribution in [3.8, 4) is 12.0 Å². The van der Waals surface area contributed by atoms with E-state index in [0.717, 1.165) is 0 Å². The SMILES string of the molecule is CCN(CC)S(=O)(=O)c1ccc(NC(=O)c2c(C)oc(-n3cccc3)c2C#N)cc1. The van der Waals surface area contributed by atoms with Crippen LogP contribution in [-0.2, 0) is 10.0 Å². The molecule has 0 radical (unpaired) electrons. The minimum absolute atomic E-state index is 0.127. The van der Waals surface area contributed by atoms with Gasteiger partial charge in [-0.2, -0.15) is 9.57 Å². The first-order valence-corrected chi connectivity index (χ1v) is 10.9. The van der Waals surface area contributed by atoms with Crippen LogP contribution >= 0.6 is 0 Å². The summed E-state index contributed by atoms with van der Waals surface area (Å²) in [4.78, 5) is 13.0. The van der Waals surface area contributed by atoms with E-state index in [1.807, 2.05) is 6.07 Å². The summed E-state index contributed by atoms with van der Waals surface area (Å²) in [5.74, 6) is 0.0739. The number of hydrogen-bond donors (Lipinski definition) is 1. The largest absolute Gasteiger partial charge is 0.443 e. The molecule has 3 aromatic rings. The summed E-state index contributed by atoms with van der Waals surface area (Å²) in [6.07, 6.45) is 3.44. The Labute approximate surface area is 175 Å². The number of hydrogen-bond acceptors (Lipinski definition) is 5. The van der Waals surface area contributed by atoms with Crippen LogP contribution in [0.2, 0.25) is 0 Å². The Kier molecular flexibility index (Phi) is 6.10. The van der Waals surface area contributed by atoms with Gasteiger partial charge in [0.1, 0.15) is 23.0 Å². The van der Waals surface area contributed by atoms with Gasteiger partial charge >= 0.3 is 0 Å². The van der Waals surface area contributed by atoms with E-state index in [2.05, 4.69) is 5.32 Å². The van der Waals surface area contributed by atoms with E-state index in [1.54, 1.807) is 49.9 Å². The zero-order valence-corrected chi connectivity index (χ0v) is 17.7. The Balaban J connectivity index is 1.87. The number of sulfonamides is 1. The van der Waals surface area contributed by atoms with E-state index >= 15 is 0 Å². The van der Waals surface area contributed by atoms with E-state index in [-0.39, 0.29) is 21.9 Å². The number of aromatic nitrogens is 1. The van der Waals surface area contributed by atoms with Crippen molar-refractivity contribution in [1.82, 2.24) is 8.87 Å². The van der Waals surface area contributed by atoms with Gasteiger partial charge in [0.25, 0.3) is 5.91 Å². The van der Waals surface area contributed by atoms with Crippen molar-refractivity contribution in [2.24, 2.45) is 0 Å². The first-order chi connectivity index (χ1) is 14.3. The van der Waals surface area contributed by atoms with Crippen molar-refractivity contribution in [2.45, 2.75) is 25.7 Å². The summed E-state index contributed by atoms with van der Waals surface area (Å²) in [6, 6.07) is 11.5. The molecule has 156 valence electrons. The molecule has 9 heteroatoms. The van der Waals surface area contributed by atoms with Crippen LogP contribution in [0.4, 0.5) is 5.69 Å². The number of benzene rings is 1. The summed E-state index contributed by atoms with van der Waals surface area (Å²) >= 11 is 0. The van der Waals surface area contributed by atoms with Crippen molar-refractivity contribution < 1.29 is 17.6 Å². The lowest BCUT2D eigenvalue weighted by atomic mass is 10.1. The summed E-state index contributed by atoms with van der Waals surface area (Å²) in [7, 11) is -3.58. The number of nitrogens with one attached hydrogen (secondary N) is 1. The molecule has 0 aliphatic carbocycles. The third-order valence-electron chi connectivity index (χ3n) is 4.70. The van der Waals surface area contributed by atoms with Crippen LogP contribution in [0.15, 0.2) is 58.1 Å². The molecular weight excluding hydrogens is 404 g/mol. The molecular formula is C21H22N4O4S. The lowest BCUT2D eigenvalue weighted by Crippen LogP contribution is -2.30. The first kappa shape index (κ1) is 21.4. The minimum atomic E-state index is -3.58. The number of rotatable bonds is 7. The van der Waals surface area contributed by atoms with E-state index < -0.39 is 15.9 Å². The molecule has 2 aromatic heterocycles. The van der Waals surface area contributed by atoms with Crippen LogP contribution in [0.5, 0.6) is 0 Å². The Morgan fingerprint density at radius 2 is 1.77 bits per heavy atom. The molecule has 0 unspecified atom stereocenters. The van der Waals surface area contributed by atoms with Gasteiger partial charge in [0.15, 0.2) is 0 Å². The molecule has 1 N–H and O–H groups in total. The zero-order valence-electron chi connectivity index (χ0n) is 16.9. The number of nitriles is 1. The van der Waals surface area contributed by atoms with Crippen molar-refractivity contribution in [2.75, 3.05) is 18.4 Å². The molecule has 2 heterocycles. The minimum Gasteiger partial charge on any atom is -0.443 e. The van der Waals surface area contributed by atoms with Gasteiger partial charge < -0.3 is 9.73 Å². The first-order valence-electron chi connectivity index (χ1n) is 9.41. The summed E-state index contributed by atoms with van der Waals surface area (Å²) in [5.41, 5.74) is 0.675. The van der Waals surface area contributed by atoms with Crippen LogP contribution in [0.3, 0.4) is 0 Å². The Morgan fingerprint density at radius 3 is 2.30 bits per heavy atom. The van der Waals surface area contributed by atoms with Gasteiger partial charge in [-0.05, 0) is 43.3 Å². The standard InChI is InChI=1S/C21H22N4O4S/c1-4-25(5-2)30(27,28)17-10-8-16(9-11-17)23-20(26)19-15(3)29-21(18(19)14-22)24-12-6-7-13-24/h6-13H,4-5H2,1-3H3,(H,23,26). The maximum Gasteiger partial charge on any atom is 0.260 e. The molecule has 0 saturated carbocycles. The lowest BCUT2D eigenvalue weighted by molar-refractivity contribution is 0.102. The highest BCUT2D eigenvalue weighted by Crippen LogP contribution is 2.26. The van der Waals surface area contributed by atoms with Crippen LogP contribution in [0, 0.1) is 18.3 Å². The number of amides is 1. The van der Waals surface area contributed by atoms with Gasteiger partial charge in [0.2, 0.25) is 15.9 Å². The maximum atomic E-state index is 12.8. The van der Waals surface area contributed by atoms with Crippen LogP contribution in [0.1, 0.15) is 35.5 Å². The number of carbonyl (C=O) groups excluding carboxylic acids is 1. The number of carbonyl (C=O) groups is 1. The van der Waals surface area contributed by atoms with E-state index in [4.69, 9.17) is 4.42 Å². The highest BCUT2D eigenvalue weighted by atomic mass is 32.2. The Bertz CT molecular complexity index is 1180. The van der Waals surface area contributed by atoms with Gasteiger partial charge in [-0.3, -0.25) is 9.36 Å². The van der Waals surface area contributed by atoms with E-state index in [9.17, 15) is 18.5 Å². The highest BCUT2D eigenvalue weighted by molar-refractivity contribution is 7.89. The maximum absolute atomic E-state index is 12.8. The van der Waals surface area contributed by atoms with Crippen LogP contribution in [-0.4, -0.2) is 36.3 Å². The molecule has 0 spiro atoms. The number of furan rings is 1. The fourth-order valence-electron chi connectivity index (χ4n) is 3.18. The molecule has 1 amide bonds. The van der Waals surface area contributed by atoms with E-state index in [0.29, 0.717) is 24.5 Å². The average molecular weight is 426 g/mol. The Hall–Kier alpha value is -3.35. The zero-order chi connectivity index (χ0) is 21.9. The molecule has 1 aromatic carbocycles. The van der Waals surface area contributed by atoms with Gasteiger partial charge in [0, 0.05) is 31.2 Å². The second kappa shape index (κ2) is 8.57. The van der Waals surface area contributed by atoms with Crippen molar-refractivity contribution >= 4 is 21.6 Å². The smallest absolute Gasteiger partial charge is 0.260 e. The summed E-state index contributed by atoms with van der Waals surface area (Å²) in [6.45, 7) is 5.91. The third kappa shape index (κ3) is 3.87.